The summed E-state index contributed by atoms with van der Waals surface area (Å²) < 4.78 is 0. The monoisotopic (exact) mass is 277 g/mol. The summed E-state index contributed by atoms with van der Waals surface area (Å²) in [6.45, 7) is 8.90. The van der Waals surface area contributed by atoms with Crippen molar-refractivity contribution in [1.82, 2.24) is 0 Å². The predicted molar refractivity (Wildman–Crippen MR) is 93.0 cm³/mol. The number of aryl methyl sites for hydroxylation is 1. The molecule has 0 unspecified atom stereocenters. The summed E-state index contributed by atoms with van der Waals surface area (Å²) in [5, 5.41) is 2.75. The molecule has 0 amide bonds. The number of rotatable bonds is 1. The molecule has 1 heterocycles. The lowest BCUT2D eigenvalue weighted by Crippen LogP contribution is -2.22. The minimum Gasteiger partial charge on any atom is -0.347 e. The van der Waals surface area contributed by atoms with Crippen LogP contribution in [0, 0.1) is 6.92 Å². The molecule has 0 bridgehead atoms. The van der Waals surface area contributed by atoms with E-state index in [9.17, 15) is 0 Å². The Bertz CT molecular complexity index is 763. The minimum absolute atomic E-state index is 0.0247. The molecule has 0 N–H and O–H groups in total. The number of hydrogen-bond donors (Lipinski definition) is 0. The van der Waals surface area contributed by atoms with Crippen LogP contribution in [0.4, 0.5) is 5.69 Å². The number of nitrogens with zero attached hydrogens (tertiary/aromatic N) is 1. The number of allylic oxidation sites excluding steroid dienone is 4. The Morgan fingerprint density at radius 1 is 1.05 bits per heavy atom. The standard InChI is InChI=1S/C20H23N/c1-6-7-11-18-20(3,4)19-16-10-8-9-14(2)15(16)12-13-17(19)21(18)5/h6-13H,1-5H3/b7-6+,18-11-. The average molecular weight is 277 g/mol. The summed E-state index contributed by atoms with van der Waals surface area (Å²) in [5.41, 5.74) is 5.50. The smallest absolute Gasteiger partial charge is 0.0454 e. The molecule has 1 heteroatoms. The predicted octanol–water partition coefficient (Wildman–Crippen LogP) is 5.34. The first-order valence-corrected chi connectivity index (χ1v) is 7.58. The number of hydrogen-bond acceptors (Lipinski definition) is 1. The molecule has 108 valence electrons. The fraction of sp³-hybridized carbons (Fsp3) is 0.300. The fourth-order valence-corrected chi connectivity index (χ4v) is 3.62. The first-order chi connectivity index (χ1) is 9.98. The van der Waals surface area contributed by atoms with E-state index in [2.05, 4.69) is 88.2 Å². The van der Waals surface area contributed by atoms with Crippen molar-refractivity contribution in [2.24, 2.45) is 0 Å². The van der Waals surface area contributed by atoms with E-state index in [0.717, 1.165) is 0 Å². The van der Waals surface area contributed by atoms with Crippen molar-refractivity contribution in [2.45, 2.75) is 33.1 Å². The maximum atomic E-state index is 2.33. The van der Waals surface area contributed by atoms with Crippen LogP contribution >= 0.6 is 0 Å². The van der Waals surface area contributed by atoms with Gasteiger partial charge < -0.3 is 4.90 Å². The van der Waals surface area contributed by atoms with E-state index >= 15 is 0 Å². The van der Waals surface area contributed by atoms with Crippen LogP contribution < -0.4 is 4.90 Å². The fourth-order valence-electron chi connectivity index (χ4n) is 3.62. The molecule has 0 atom stereocenters. The molecule has 2 aromatic carbocycles. The van der Waals surface area contributed by atoms with Gasteiger partial charge in [0.2, 0.25) is 0 Å². The van der Waals surface area contributed by atoms with Crippen molar-refractivity contribution in [3.63, 3.8) is 0 Å². The van der Waals surface area contributed by atoms with Crippen LogP contribution in [0.15, 0.2) is 54.3 Å². The SMILES string of the molecule is C/C=C/C=C1\N(C)c2ccc3c(C)cccc3c2C1(C)C. The number of benzene rings is 2. The van der Waals surface area contributed by atoms with E-state index < -0.39 is 0 Å². The Balaban J connectivity index is 2.35. The largest absolute Gasteiger partial charge is 0.347 e. The second kappa shape index (κ2) is 4.77. The Morgan fingerprint density at radius 3 is 2.52 bits per heavy atom. The lowest BCUT2D eigenvalue weighted by molar-refractivity contribution is 0.645. The summed E-state index contributed by atoms with van der Waals surface area (Å²) in [4.78, 5) is 2.33. The second-order valence-electron chi connectivity index (χ2n) is 6.39. The highest BCUT2D eigenvalue weighted by molar-refractivity contribution is 5.96. The zero-order valence-electron chi connectivity index (χ0n) is 13.6. The Hall–Kier alpha value is -2.02. The van der Waals surface area contributed by atoms with E-state index in [1.807, 2.05) is 0 Å². The van der Waals surface area contributed by atoms with Gasteiger partial charge in [0, 0.05) is 23.8 Å². The minimum atomic E-state index is 0.0247. The van der Waals surface area contributed by atoms with Gasteiger partial charge in [-0.2, -0.15) is 0 Å². The van der Waals surface area contributed by atoms with E-state index in [0.29, 0.717) is 0 Å². The summed E-state index contributed by atoms with van der Waals surface area (Å²) in [7, 11) is 2.17. The van der Waals surface area contributed by atoms with Crippen LogP contribution in [0.25, 0.3) is 10.8 Å². The van der Waals surface area contributed by atoms with Crippen molar-refractivity contribution < 1.29 is 0 Å². The van der Waals surface area contributed by atoms with Gasteiger partial charge in [0.05, 0.1) is 0 Å². The Kier molecular flexibility index (Phi) is 3.16. The van der Waals surface area contributed by atoms with Gasteiger partial charge in [-0.05, 0) is 47.9 Å². The highest BCUT2D eigenvalue weighted by atomic mass is 15.2. The van der Waals surface area contributed by atoms with Crippen LogP contribution in [0.3, 0.4) is 0 Å². The van der Waals surface area contributed by atoms with Crippen molar-refractivity contribution >= 4 is 16.5 Å². The second-order valence-corrected chi connectivity index (χ2v) is 6.39. The van der Waals surface area contributed by atoms with Gasteiger partial charge in [-0.1, -0.05) is 50.3 Å². The first-order valence-electron chi connectivity index (χ1n) is 7.58. The summed E-state index contributed by atoms with van der Waals surface area (Å²) in [6.07, 6.45) is 6.46. The van der Waals surface area contributed by atoms with Gasteiger partial charge in [-0.15, -0.1) is 0 Å². The van der Waals surface area contributed by atoms with Crippen molar-refractivity contribution in [3.8, 4) is 0 Å². The van der Waals surface area contributed by atoms with Crippen LogP contribution in [0.5, 0.6) is 0 Å². The van der Waals surface area contributed by atoms with Gasteiger partial charge in [0.15, 0.2) is 0 Å². The van der Waals surface area contributed by atoms with Gasteiger partial charge in [0.1, 0.15) is 0 Å². The van der Waals surface area contributed by atoms with E-state index in [1.54, 1.807) is 0 Å². The highest BCUT2D eigenvalue weighted by Gasteiger charge is 2.39. The van der Waals surface area contributed by atoms with Gasteiger partial charge >= 0.3 is 0 Å². The van der Waals surface area contributed by atoms with Gasteiger partial charge in [-0.25, -0.2) is 0 Å². The van der Waals surface area contributed by atoms with Crippen molar-refractivity contribution in [2.75, 3.05) is 11.9 Å². The lowest BCUT2D eigenvalue weighted by atomic mass is 9.80. The number of anilines is 1. The van der Waals surface area contributed by atoms with Crippen LogP contribution in [0.1, 0.15) is 31.9 Å². The van der Waals surface area contributed by atoms with Crippen LogP contribution in [-0.2, 0) is 5.41 Å². The van der Waals surface area contributed by atoms with E-state index in [4.69, 9.17) is 0 Å². The summed E-state index contributed by atoms with van der Waals surface area (Å²) in [5.74, 6) is 0. The molecule has 1 nitrogen and oxygen atoms in total. The molecule has 0 aliphatic carbocycles. The van der Waals surface area contributed by atoms with Crippen molar-refractivity contribution in [1.29, 1.82) is 0 Å². The molecule has 0 saturated carbocycles. The lowest BCUT2D eigenvalue weighted by Gasteiger charge is -2.24. The highest BCUT2D eigenvalue weighted by Crippen LogP contribution is 2.50. The molecule has 0 saturated heterocycles. The summed E-state index contributed by atoms with van der Waals surface area (Å²) in [6, 6.07) is 11.1. The molecule has 3 rings (SSSR count). The molecule has 1 aliphatic rings. The zero-order valence-corrected chi connectivity index (χ0v) is 13.6. The third kappa shape index (κ3) is 1.91. The van der Waals surface area contributed by atoms with Crippen LogP contribution in [-0.4, -0.2) is 7.05 Å². The quantitative estimate of drug-likeness (QED) is 0.680. The first kappa shape index (κ1) is 13.9. The molecular formula is C20H23N. The maximum absolute atomic E-state index is 2.33. The Morgan fingerprint density at radius 2 is 1.81 bits per heavy atom. The molecule has 0 spiro atoms. The average Bonchev–Trinajstić information content (AvgIpc) is 2.65. The molecule has 0 fully saturated rings. The molecule has 21 heavy (non-hydrogen) atoms. The third-order valence-electron chi connectivity index (χ3n) is 4.69. The normalized spacial score (nSPS) is 18.9. The van der Waals surface area contributed by atoms with Crippen LogP contribution in [0.2, 0.25) is 0 Å². The Labute approximate surface area is 127 Å². The summed E-state index contributed by atoms with van der Waals surface area (Å²) >= 11 is 0. The van der Waals surface area contributed by atoms with Gasteiger partial charge in [0.25, 0.3) is 0 Å². The molecule has 0 aromatic heterocycles. The third-order valence-corrected chi connectivity index (χ3v) is 4.69. The molecule has 2 aromatic rings. The molecular weight excluding hydrogens is 254 g/mol. The molecule has 0 radical (unpaired) electrons. The van der Waals surface area contributed by atoms with E-state index in [1.165, 1.54) is 33.3 Å². The number of likely N-dealkylation sites (N-methyl/N-ethyl adjacent to an activating group) is 1. The number of fused-ring (bicyclic) bond motifs is 3. The topological polar surface area (TPSA) is 3.24 Å². The van der Waals surface area contributed by atoms with E-state index in [-0.39, 0.29) is 5.41 Å². The molecule has 1 aliphatic heterocycles. The zero-order chi connectivity index (χ0) is 15.2. The maximum Gasteiger partial charge on any atom is 0.0454 e. The van der Waals surface area contributed by atoms with Gasteiger partial charge in [-0.3, -0.25) is 0 Å². The van der Waals surface area contributed by atoms with Crippen molar-refractivity contribution in [3.05, 3.63) is 65.4 Å².